The van der Waals surface area contributed by atoms with Gasteiger partial charge in [0.25, 0.3) is 5.88 Å². The van der Waals surface area contributed by atoms with Crippen molar-refractivity contribution in [2.24, 2.45) is 5.92 Å². The first-order valence-corrected chi connectivity index (χ1v) is 5.57. The van der Waals surface area contributed by atoms with Gasteiger partial charge in [-0.3, -0.25) is 0 Å². The van der Waals surface area contributed by atoms with Gasteiger partial charge in [-0.1, -0.05) is 19.3 Å². The topological polar surface area (TPSA) is 72.6 Å². The van der Waals surface area contributed by atoms with E-state index in [0.29, 0.717) is 0 Å². The van der Waals surface area contributed by atoms with Crippen LogP contribution in [0.1, 0.15) is 32.1 Å². The van der Waals surface area contributed by atoms with Gasteiger partial charge in [-0.2, -0.15) is 0 Å². The summed E-state index contributed by atoms with van der Waals surface area (Å²) in [6, 6.07) is 1.44. The van der Waals surface area contributed by atoms with E-state index in [0.717, 1.165) is 25.7 Å². The molecule has 1 heterocycles. The zero-order valence-corrected chi connectivity index (χ0v) is 8.96. The lowest BCUT2D eigenvalue weighted by Crippen LogP contribution is -2.34. The number of carbonyl (C=O) groups is 1. The van der Waals surface area contributed by atoms with E-state index in [2.05, 4.69) is 9.68 Å². The molecule has 2 rings (SSSR count). The van der Waals surface area contributed by atoms with Crippen molar-refractivity contribution in [3.05, 3.63) is 12.3 Å². The quantitative estimate of drug-likeness (QED) is 0.789. The van der Waals surface area contributed by atoms with Gasteiger partial charge in [0.05, 0.1) is 0 Å². The Bertz CT molecular complexity index is 330. The second kappa shape index (κ2) is 5.12. The van der Waals surface area contributed by atoms with Gasteiger partial charge in [-0.05, 0) is 23.9 Å². The lowest BCUT2D eigenvalue weighted by molar-refractivity contribution is -0.147. The van der Waals surface area contributed by atoms with Crippen LogP contribution < -0.4 is 4.74 Å². The Kier molecular flexibility index (Phi) is 3.56. The van der Waals surface area contributed by atoms with Crippen LogP contribution in [-0.2, 0) is 4.79 Å². The lowest BCUT2D eigenvalue weighted by Gasteiger charge is -2.24. The van der Waals surface area contributed by atoms with E-state index in [9.17, 15) is 9.90 Å². The molecule has 1 fully saturated rings. The highest BCUT2D eigenvalue weighted by Gasteiger charge is 2.29. The number of rotatable bonds is 3. The zero-order chi connectivity index (χ0) is 11.4. The largest absolute Gasteiger partial charge is 0.402 e. The van der Waals surface area contributed by atoms with Gasteiger partial charge in [0, 0.05) is 6.07 Å². The summed E-state index contributed by atoms with van der Waals surface area (Å²) < 4.78 is 9.41. The molecule has 1 aromatic heterocycles. The summed E-state index contributed by atoms with van der Waals surface area (Å²) in [7, 11) is 0. The number of carbonyl (C=O) groups excluding carboxylic acids is 1. The molecule has 1 aromatic rings. The van der Waals surface area contributed by atoms with Crippen LogP contribution >= 0.6 is 0 Å². The molecular formula is C11H15NO4. The molecule has 1 aliphatic carbocycles. The Morgan fingerprint density at radius 1 is 1.50 bits per heavy atom. The number of ether oxygens (including phenoxy) is 1. The van der Waals surface area contributed by atoms with Crippen molar-refractivity contribution in [1.82, 2.24) is 5.16 Å². The molecule has 1 N–H and O–H groups in total. The van der Waals surface area contributed by atoms with E-state index in [4.69, 9.17) is 4.74 Å². The fraction of sp³-hybridized carbons (Fsp3) is 0.636. The molecule has 0 radical (unpaired) electrons. The molecule has 88 valence electrons. The van der Waals surface area contributed by atoms with Crippen molar-refractivity contribution < 1.29 is 19.2 Å². The van der Waals surface area contributed by atoms with E-state index in [1.807, 2.05) is 0 Å². The Balaban J connectivity index is 1.88. The Morgan fingerprint density at radius 3 is 2.88 bits per heavy atom. The summed E-state index contributed by atoms with van der Waals surface area (Å²) in [5.41, 5.74) is 0. The van der Waals surface area contributed by atoms with Crippen molar-refractivity contribution in [2.75, 3.05) is 0 Å². The van der Waals surface area contributed by atoms with E-state index in [1.54, 1.807) is 0 Å². The minimum atomic E-state index is -1.04. The Labute approximate surface area is 93.4 Å². The van der Waals surface area contributed by atoms with Crippen molar-refractivity contribution in [3.8, 4) is 5.88 Å². The van der Waals surface area contributed by atoms with E-state index in [1.165, 1.54) is 18.8 Å². The SMILES string of the molecule is O=C(Oc1ccon1)C(O)C1CCCCC1. The number of hydrogen-bond donors (Lipinski definition) is 1. The fourth-order valence-corrected chi connectivity index (χ4v) is 2.06. The van der Waals surface area contributed by atoms with Crippen LogP contribution in [-0.4, -0.2) is 22.3 Å². The van der Waals surface area contributed by atoms with Crippen LogP contribution in [0.3, 0.4) is 0 Å². The first kappa shape index (κ1) is 11.1. The smallest absolute Gasteiger partial charge is 0.342 e. The molecule has 1 unspecified atom stereocenters. The molecule has 0 spiro atoms. The van der Waals surface area contributed by atoms with Crippen molar-refractivity contribution in [1.29, 1.82) is 0 Å². The minimum absolute atomic E-state index is 0.0214. The molecule has 0 aromatic carbocycles. The second-order valence-electron chi connectivity index (χ2n) is 4.10. The highest BCUT2D eigenvalue weighted by Crippen LogP contribution is 2.27. The predicted molar refractivity (Wildman–Crippen MR) is 54.7 cm³/mol. The summed E-state index contributed by atoms with van der Waals surface area (Å²) >= 11 is 0. The van der Waals surface area contributed by atoms with Gasteiger partial charge < -0.3 is 14.4 Å². The lowest BCUT2D eigenvalue weighted by atomic mass is 9.85. The van der Waals surface area contributed by atoms with Crippen molar-refractivity contribution in [2.45, 2.75) is 38.2 Å². The standard InChI is InChI=1S/C11H15NO4/c13-10(8-4-2-1-3-5-8)11(14)16-9-6-7-15-12-9/h6-8,10,13H,1-5H2. The van der Waals surface area contributed by atoms with Gasteiger partial charge in [-0.15, -0.1) is 0 Å². The number of esters is 1. The van der Waals surface area contributed by atoms with Crippen LogP contribution in [0.25, 0.3) is 0 Å². The minimum Gasteiger partial charge on any atom is -0.402 e. The van der Waals surface area contributed by atoms with E-state index >= 15 is 0 Å². The maximum atomic E-state index is 11.6. The summed E-state index contributed by atoms with van der Waals surface area (Å²) in [6.45, 7) is 0. The maximum Gasteiger partial charge on any atom is 0.342 e. The molecule has 0 aliphatic heterocycles. The second-order valence-corrected chi connectivity index (χ2v) is 4.10. The molecule has 1 saturated carbocycles. The molecule has 5 heteroatoms. The summed E-state index contributed by atoms with van der Waals surface area (Å²) in [5, 5.41) is 13.3. The number of nitrogens with zero attached hydrogens (tertiary/aromatic N) is 1. The maximum absolute atomic E-state index is 11.6. The van der Waals surface area contributed by atoms with Gasteiger partial charge in [0.2, 0.25) is 0 Å². The van der Waals surface area contributed by atoms with Crippen LogP contribution in [0, 0.1) is 5.92 Å². The first-order valence-electron chi connectivity index (χ1n) is 5.57. The molecule has 0 bridgehead atoms. The summed E-state index contributed by atoms with van der Waals surface area (Å²) in [6.07, 6.45) is 5.36. The van der Waals surface area contributed by atoms with Crippen LogP contribution in [0.4, 0.5) is 0 Å². The monoisotopic (exact) mass is 225 g/mol. The van der Waals surface area contributed by atoms with Crippen LogP contribution in [0.2, 0.25) is 0 Å². The first-order chi connectivity index (χ1) is 7.77. The molecule has 1 atom stereocenters. The van der Waals surface area contributed by atoms with Gasteiger partial charge in [-0.25, -0.2) is 4.79 Å². The van der Waals surface area contributed by atoms with Crippen molar-refractivity contribution >= 4 is 5.97 Å². The molecule has 1 aliphatic rings. The highest BCUT2D eigenvalue weighted by atomic mass is 16.6. The third kappa shape index (κ3) is 2.61. The van der Waals surface area contributed by atoms with Crippen LogP contribution in [0.5, 0.6) is 5.88 Å². The summed E-state index contributed by atoms with van der Waals surface area (Å²) in [4.78, 5) is 11.6. The van der Waals surface area contributed by atoms with Gasteiger partial charge in [0.15, 0.2) is 6.10 Å². The number of aliphatic hydroxyl groups is 1. The molecule has 5 nitrogen and oxygen atoms in total. The zero-order valence-electron chi connectivity index (χ0n) is 8.96. The Hall–Kier alpha value is -1.36. The normalized spacial score (nSPS) is 19.3. The average molecular weight is 225 g/mol. The third-order valence-corrected chi connectivity index (χ3v) is 2.96. The summed E-state index contributed by atoms with van der Waals surface area (Å²) in [5.74, 6) is -0.520. The van der Waals surface area contributed by atoms with Gasteiger partial charge >= 0.3 is 5.97 Å². The van der Waals surface area contributed by atoms with Gasteiger partial charge in [0.1, 0.15) is 6.26 Å². The third-order valence-electron chi connectivity index (χ3n) is 2.96. The fourth-order valence-electron chi connectivity index (χ4n) is 2.06. The molecule has 0 saturated heterocycles. The molecule has 0 amide bonds. The van der Waals surface area contributed by atoms with E-state index < -0.39 is 12.1 Å². The Morgan fingerprint density at radius 2 is 2.25 bits per heavy atom. The van der Waals surface area contributed by atoms with E-state index in [-0.39, 0.29) is 11.8 Å². The van der Waals surface area contributed by atoms with Crippen molar-refractivity contribution in [3.63, 3.8) is 0 Å². The molecule has 16 heavy (non-hydrogen) atoms. The number of hydrogen-bond acceptors (Lipinski definition) is 5. The number of aromatic nitrogens is 1. The average Bonchev–Trinajstić information content (AvgIpc) is 2.82. The molecular weight excluding hydrogens is 210 g/mol. The van der Waals surface area contributed by atoms with Crippen LogP contribution in [0.15, 0.2) is 16.9 Å². The highest BCUT2D eigenvalue weighted by molar-refractivity contribution is 5.76. The predicted octanol–water partition coefficient (Wildman–Crippen LogP) is 1.52. The number of aliphatic hydroxyl groups excluding tert-OH is 1.